The third-order valence-electron chi connectivity index (χ3n) is 3.22. The summed E-state index contributed by atoms with van der Waals surface area (Å²) < 4.78 is 0. The number of nitrogens with zero attached hydrogens (tertiary/aromatic N) is 1. The standard InChI is InChI=1S/C12H19ClN2S/c13-10-7-12(16-9-10)11(8-14)15-5-3-1-2-4-6-15/h7,9,11H,1-6,8,14H2. The maximum Gasteiger partial charge on any atom is 0.0564 e. The first-order valence-electron chi connectivity index (χ1n) is 5.99. The van der Waals surface area contributed by atoms with E-state index in [1.54, 1.807) is 11.3 Å². The number of nitrogens with two attached hydrogens (primary N) is 1. The van der Waals surface area contributed by atoms with Crippen LogP contribution in [0.1, 0.15) is 36.6 Å². The van der Waals surface area contributed by atoms with Gasteiger partial charge in [-0.05, 0) is 32.0 Å². The molecule has 1 unspecified atom stereocenters. The van der Waals surface area contributed by atoms with Crippen molar-refractivity contribution in [2.75, 3.05) is 19.6 Å². The van der Waals surface area contributed by atoms with Crippen molar-refractivity contribution in [1.29, 1.82) is 0 Å². The van der Waals surface area contributed by atoms with Gasteiger partial charge >= 0.3 is 0 Å². The maximum atomic E-state index is 5.98. The van der Waals surface area contributed by atoms with E-state index in [2.05, 4.69) is 11.0 Å². The molecule has 1 atom stereocenters. The molecule has 0 bridgehead atoms. The number of thiophene rings is 1. The van der Waals surface area contributed by atoms with E-state index >= 15 is 0 Å². The molecule has 0 amide bonds. The molecular weight excluding hydrogens is 240 g/mol. The highest BCUT2D eigenvalue weighted by atomic mass is 35.5. The molecule has 1 aromatic heterocycles. The van der Waals surface area contributed by atoms with Crippen molar-refractivity contribution in [1.82, 2.24) is 4.90 Å². The fourth-order valence-corrected chi connectivity index (χ4v) is 3.58. The Morgan fingerprint density at radius 1 is 1.31 bits per heavy atom. The minimum Gasteiger partial charge on any atom is -0.329 e. The number of rotatable bonds is 3. The van der Waals surface area contributed by atoms with Crippen LogP contribution in [0.5, 0.6) is 0 Å². The van der Waals surface area contributed by atoms with E-state index in [4.69, 9.17) is 17.3 Å². The van der Waals surface area contributed by atoms with Gasteiger partial charge in [0.1, 0.15) is 0 Å². The largest absolute Gasteiger partial charge is 0.329 e. The van der Waals surface area contributed by atoms with Crippen LogP contribution in [0.15, 0.2) is 11.4 Å². The van der Waals surface area contributed by atoms with Crippen LogP contribution in [0.3, 0.4) is 0 Å². The molecule has 90 valence electrons. The summed E-state index contributed by atoms with van der Waals surface area (Å²) >= 11 is 7.71. The monoisotopic (exact) mass is 258 g/mol. The van der Waals surface area contributed by atoms with Gasteiger partial charge in [-0.25, -0.2) is 0 Å². The van der Waals surface area contributed by atoms with Gasteiger partial charge in [-0.2, -0.15) is 0 Å². The Hall–Kier alpha value is -0.0900. The SMILES string of the molecule is NCC(c1cc(Cl)cs1)N1CCCCCC1. The van der Waals surface area contributed by atoms with Gasteiger partial charge in [-0.3, -0.25) is 4.90 Å². The molecule has 0 saturated carbocycles. The Kier molecular flexibility index (Phi) is 4.65. The maximum absolute atomic E-state index is 5.98. The van der Waals surface area contributed by atoms with Crippen molar-refractivity contribution in [3.05, 3.63) is 21.3 Å². The normalized spacial score (nSPS) is 20.6. The molecule has 0 radical (unpaired) electrons. The average Bonchev–Trinajstić information content (AvgIpc) is 2.55. The predicted molar refractivity (Wildman–Crippen MR) is 71.2 cm³/mol. The fourth-order valence-electron chi connectivity index (χ4n) is 2.36. The van der Waals surface area contributed by atoms with Gasteiger partial charge < -0.3 is 5.73 Å². The Morgan fingerprint density at radius 3 is 2.50 bits per heavy atom. The number of hydrogen-bond donors (Lipinski definition) is 1. The fraction of sp³-hybridized carbons (Fsp3) is 0.667. The molecule has 1 fully saturated rings. The van der Waals surface area contributed by atoms with Crippen LogP contribution in [0.4, 0.5) is 0 Å². The molecule has 2 N–H and O–H groups in total. The van der Waals surface area contributed by atoms with Crippen LogP contribution in [0.2, 0.25) is 5.02 Å². The van der Waals surface area contributed by atoms with Gasteiger partial charge in [-0.15, -0.1) is 11.3 Å². The minimum atomic E-state index is 0.371. The first-order valence-corrected chi connectivity index (χ1v) is 7.25. The van der Waals surface area contributed by atoms with Gasteiger partial charge in [0, 0.05) is 16.8 Å². The first kappa shape index (κ1) is 12.4. The lowest BCUT2D eigenvalue weighted by Crippen LogP contribution is -2.34. The van der Waals surface area contributed by atoms with Crippen LogP contribution in [-0.2, 0) is 0 Å². The smallest absolute Gasteiger partial charge is 0.0564 e. The Balaban J connectivity index is 2.08. The van der Waals surface area contributed by atoms with E-state index in [-0.39, 0.29) is 0 Å². The highest BCUT2D eigenvalue weighted by Gasteiger charge is 2.21. The molecule has 1 aromatic rings. The van der Waals surface area contributed by atoms with Crippen molar-refractivity contribution in [3.63, 3.8) is 0 Å². The van der Waals surface area contributed by atoms with Gasteiger partial charge in [-0.1, -0.05) is 24.4 Å². The van der Waals surface area contributed by atoms with Crippen LogP contribution < -0.4 is 5.73 Å². The molecule has 4 heteroatoms. The third kappa shape index (κ3) is 2.98. The van der Waals surface area contributed by atoms with Crippen LogP contribution in [-0.4, -0.2) is 24.5 Å². The molecule has 0 aliphatic carbocycles. The number of halogens is 1. The summed E-state index contributed by atoms with van der Waals surface area (Å²) in [6.07, 6.45) is 5.32. The van der Waals surface area contributed by atoms with E-state index in [1.807, 2.05) is 5.38 Å². The summed E-state index contributed by atoms with van der Waals surface area (Å²) in [5.41, 5.74) is 5.92. The van der Waals surface area contributed by atoms with Crippen LogP contribution >= 0.6 is 22.9 Å². The van der Waals surface area contributed by atoms with Crippen molar-refractivity contribution in [2.45, 2.75) is 31.7 Å². The zero-order valence-electron chi connectivity index (χ0n) is 9.49. The first-order chi connectivity index (χ1) is 7.81. The molecular formula is C12H19ClN2S. The van der Waals surface area contributed by atoms with Crippen molar-refractivity contribution < 1.29 is 0 Å². The Bertz CT molecular complexity index is 319. The molecule has 2 heterocycles. The van der Waals surface area contributed by atoms with E-state index in [9.17, 15) is 0 Å². The molecule has 1 aliphatic heterocycles. The summed E-state index contributed by atoms with van der Waals surface area (Å²) in [7, 11) is 0. The van der Waals surface area contributed by atoms with Crippen LogP contribution in [0, 0.1) is 0 Å². The van der Waals surface area contributed by atoms with E-state index in [0.29, 0.717) is 12.6 Å². The quantitative estimate of drug-likeness (QED) is 0.902. The number of likely N-dealkylation sites (tertiary alicyclic amines) is 1. The predicted octanol–water partition coefficient (Wildman–Crippen LogP) is 3.28. The van der Waals surface area contributed by atoms with Gasteiger partial charge in [0.05, 0.1) is 11.1 Å². The lowest BCUT2D eigenvalue weighted by Gasteiger charge is -2.28. The topological polar surface area (TPSA) is 29.3 Å². The van der Waals surface area contributed by atoms with Crippen molar-refractivity contribution in [2.24, 2.45) is 5.73 Å². The molecule has 1 aliphatic rings. The van der Waals surface area contributed by atoms with Gasteiger partial charge in [0.15, 0.2) is 0 Å². The molecule has 0 aromatic carbocycles. The van der Waals surface area contributed by atoms with E-state index in [1.165, 1.54) is 43.6 Å². The van der Waals surface area contributed by atoms with Crippen molar-refractivity contribution in [3.8, 4) is 0 Å². The minimum absolute atomic E-state index is 0.371. The van der Waals surface area contributed by atoms with E-state index in [0.717, 1.165) is 5.02 Å². The van der Waals surface area contributed by atoms with Crippen molar-refractivity contribution >= 4 is 22.9 Å². The highest BCUT2D eigenvalue weighted by Crippen LogP contribution is 2.30. The average molecular weight is 259 g/mol. The number of hydrogen-bond acceptors (Lipinski definition) is 3. The molecule has 2 nitrogen and oxygen atoms in total. The summed E-state index contributed by atoms with van der Waals surface area (Å²) in [6, 6.07) is 2.44. The Morgan fingerprint density at radius 2 is 2.00 bits per heavy atom. The zero-order valence-corrected chi connectivity index (χ0v) is 11.1. The summed E-state index contributed by atoms with van der Waals surface area (Å²) in [4.78, 5) is 3.84. The van der Waals surface area contributed by atoms with Gasteiger partial charge in [0.25, 0.3) is 0 Å². The lowest BCUT2D eigenvalue weighted by molar-refractivity contribution is 0.212. The lowest BCUT2D eigenvalue weighted by atomic mass is 10.2. The second-order valence-corrected chi connectivity index (χ2v) is 5.75. The summed E-state index contributed by atoms with van der Waals surface area (Å²) in [6.45, 7) is 3.05. The molecule has 16 heavy (non-hydrogen) atoms. The third-order valence-corrected chi connectivity index (χ3v) is 4.60. The highest BCUT2D eigenvalue weighted by molar-refractivity contribution is 7.10. The second-order valence-electron chi connectivity index (χ2n) is 4.37. The van der Waals surface area contributed by atoms with E-state index < -0.39 is 0 Å². The van der Waals surface area contributed by atoms with Crippen LogP contribution in [0.25, 0.3) is 0 Å². The molecule has 2 rings (SSSR count). The molecule has 0 spiro atoms. The Labute approximate surface area is 106 Å². The second kappa shape index (κ2) is 6.01. The summed E-state index contributed by atoms with van der Waals surface area (Å²) in [5.74, 6) is 0. The zero-order chi connectivity index (χ0) is 11.4. The van der Waals surface area contributed by atoms with Gasteiger partial charge in [0.2, 0.25) is 0 Å². The molecule has 1 saturated heterocycles. The summed E-state index contributed by atoms with van der Waals surface area (Å²) in [5, 5.41) is 2.84.